The molecule has 2 aromatic rings. The molecule has 3 heteroatoms. The average molecular weight is 256 g/mol. The summed E-state index contributed by atoms with van der Waals surface area (Å²) in [5, 5.41) is 0. The molecule has 2 rings (SSSR count). The Labute approximate surface area is 114 Å². The van der Waals surface area contributed by atoms with Crippen LogP contribution < -0.4 is 4.74 Å². The van der Waals surface area contributed by atoms with Crippen LogP contribution in [0.3, 0.4) is 0 Å². The summed E-state index contributed by atoms with van der Waals surface area (Å²) in [6.45, 7) is 5.01. The smallest absolute Gasteiger partial charge is 0.213 e. The van der Waals surface area contributed by atoms with E-state index in [0.717, 1.165) is 12.8 Å². The highest BCUT2D eigenvalue weighted by atomic mass is 16.5. The molecule has 0 fully saturated rings. The summed E-state index contributed by atoms with van der Waals surface area (Å²) in [7, 11) is 0. The summed E-state index contributed by atoms with van der Waals surface area (Å²) in [5.41, 5.74) is 2.53. The molecular weight excluding hydrogens is 236 g/mol. The number of aryl methyl sites for hydroxylation is 1. The molecule has 0 aliphatic heterocycles. The zero-order chi connectivity index (χ0) is 13.5. The van der Waals surface area contributed by atoms with Crippen molar-refractivity contribution < 1.29 is 4.74 Å². The van der Waals surface area contributed by atoms with Gasteiger partial charge in [0.1, 0.15) is 0 Å². The zero-order valence-corrected chi connectivity index (χ0v) is 11.5. The van der Waals surface area contributed by atoms with E-state index < -0.39 is 0 Å². The van der Waals surface area contributed by atoms with Crippen molar-refractivity contribution in [3.63, 3.8) is 0 Å². The van der Waals surface area contributed by atoms with Gasteiger partial charge in [-0.1, -0.05) is 19.9 Å². The van der Waals surface area contributed by atoms with Crippen LogP contribution >= 0.6 is 0 Å². The fraction of sp³-hybridized carbons (Fsp3) is 0.375. The first-order valence-corrected chi connectivity index (χ1v) is 6.73. The molecule has 0 aromatic carbocycles. The fourth-order valence-corrected chi connectivity index (χ4v) is 1.82. The summed E-state index contributed by atoms with van der Waals surface area (Å²) >= 11 is 0. The Morgan fingerprint density at radius 2 is 1.89 bits per heavy atom. The number of hydrogen-bond donors (Lipinski definition) is 0. The summed E-state index contributed by atoms with van der Waals surface area (Å²) in [6.07, 6.45) is 7.53. The molecule has 2 aromatic heterocycles. The molecule has 2 heterocycles. The topological polar surface area (TPSA) is 35.0 Å². The van der Waals surface area contributed by atoms with Crippen molar-refractivity contribution in [3.05, 3.63) is 54.0 Å². The van der Waals surface area contributed by atoms with Crippen molar-refractivity contribution in [2.45, 2.75) is 32.6 Å². The monoisotopic (exact) mass is 256 g/mol. The van der Waals surface area contributed by atoms with Crippen molar-refractivity contribution in [3.8, 4) is 5.88 Å². The van der Waals surface area contributed by atoms with E-state index in [1.807, 2.05) is 36.8 Å². The highest BCUT2D eigenvalue weighted by Gasteiger charge is 2.00. The van der Waals surface area contributed by atoms with Gasteiger partial charge in [0.05, 0.1) is 6.61 Å². The summed E-state index contributed by atoms with van der Waals surface area (Å²) < 4.78 is 5.64. The van der Waals surface area contributed by atoms with E-state index in [2.05, 4.69) is 29.9 Å². The molecule has 0 bridgehead atoms. The second kappa shape index (κ2) is 6.88. The molecule has 0 atom stereocenters. The zero-order valence-electron chi connectivity index (χ0n) is 11.5. The quantitative estimate of drug-likeness (QED) is 0.740. The molecule has 0 radical (unpaired) electrons. The van der Waals surface area contributed by atoms with Crippen LogP contribution in [0, 0.1) is 0 Å². The summed E-state index contributed by atoms with van der Waals surface area (Å²) in [5.74, 6) is 1.22. The Bertz CT molecular complexity index is 480. The average Bonchev–Trinajstić information content (AvgIpc) is 2.45. The minimum absolute atomic E-state index is 0.508. The standard InChI is InChI=1S/C16H20N2O/c1-13(2)15-5-6-16(18-12-15)19-11-3-4-14-7-9-17-10-8-14/h5-10,12-13H,3-4,11H2,1-2H3. The molecule has 0 aliphatic carbocycles. The molecule has 0 amide bonds. The van der Waals surface area contributed by atoms with Crippen LogP contribution in [0.15, 0.2) is 42.9 Å². The van der Waals surface area contributed by atoms with Crippen molar-refractivity contribution >= 4 is 0 Å². The number of pyridine rings is 2. The second-order valence-corrected chi connectivity index (χ2v) is 4.89. The van der Waals surface area contributed by atoms with Crippen LogP contribution in [0.5, 0.6) is 5.88 Å². The Kier molecular flexibility index (Phi) is 4.90. The first-order chi connectivity index (χ1) is 9.25. The molecule has 100 valence electrons. The van der Waals surface area contributed by atoms with E-state index in [-0.39, 0.29) is 0 Å². The van der Waals surface area contributed by atoms with Gasteiger partial charge in [0, 0.05) is 24.7 Å². The van der Waals surface area contributed by atoms with Crippen LogP contribution in [-0.4, -0.2) is 16.6 Å². The number of ether oxygens (including phenoxy) is 1. The van der Waals surface area contributed by atoms with Crippen LogP contribution in [0.25, 0.3) is 0 Å². The second-order valence-electron chi connectivity index (χ2n) is 4.89. The van der Waals surface area contributed by atoms with Crippen molar-refractivity contribution in [2.75, 3.05) is 6.61 Å². The molecule has 0 unspecified atom stereocenters. The number of hydrogen-bond acceptors (Lipinski definition) is 3. The Hall–Kier alpha value is -1.90. The first-order valence-electron chi connectivity index (χ1n) is 6.73. The van der Waals surface area contributed by atoms with Gasteiger partial charge in [0.25, 0.3) is 0 Å². The van der Waals surface area contributed by atoms with Gasteiger partial charge in [-0.2, -0.15) is 0 Å². The predicted molar refractivity (Wildman–Crippen MR) is 76.4 cm³/mol. The van der Waals surface area contributed by atoms with Gasteiger partial charge >= 0.3 is 0 Å². The van der Waals surface area contributed by atoms with Gasteiger partial charge in [-0.05, 0) is 42.0 Å². The lowest BCUT2D eigenvalue weighted by atomic mass is 10.1. The van der Waals surface area contributed by atoms with Crippen molar-refractivity contribution in [1.82, 2.24) is 9.97 Å². The normalized spacial score (nSPS) is 10.7. The maximum atomic E-state index is 5.64. The van der Waals surface area contributed by atoms with Crippen molar-refractivity contribution in [1.29, 1.82) is 0 Å². The molecule has 0 aliphatic rings. The largest absolute Gasteiger partial charge is 0.478 e. The van der Waals surface area contributed by atoms with Gasteiger partial charge < -0.3 is 4.74 Å². The van der Waals surface area contributed by atoms with Gasteiger partial charge in [0.15, 0.2) is 0 Å². The Morgan fingerprint density at radius 3 is 2.53 bits per heavy atom. The van der Waals surface area contributed by atoms with Crippen LogP contribution in [0.4, 0.5) is 0 Å². The Morgan fingerprint density at radius 1 is 1.11 bits per heavy atom. The van der Waals surface area contributed by atoms with E-state index in [1.54, 1.807) is 0 Å². The summed E-state index contributed by atoms with van der Waals surface area (Å²) in [4.78, 5) is 8.31. The van der Waals surface area contributed by atoms with Gasteiger partial charge in [-0.15, -0.1) is 0 Å². The third-order valence-electron chi connectivity index (χ3n) is 3.03. The molecule has 0 spiro atoms. The van der Waals surface area contributed by atoms with Gasteiger partial charge in [-0.25, -0.2) is 4.98 Å². The van der Waals surface area contributed by atoms with Crippen LogP contribution in [-0.2, 0) is 6.42 Å². The highest BCUT2D eigenvalue weighted by molar-refractivity contribution is 5.20. The number of nitrogens with zero attached hydrogens (tertiary/aromatic N) is 2. The van der Waals surface area contributed by atoms with Crippen LogP contribution in [0.2, 0.25) is 0 Å². The Balaban J connectivity index is 1.74. The van der Waals surface area contributed by atoms with E-state index in [9.17, 15) is 0 Å². The van der Waals surface area contributed by atoms with E-state index >= 15 is 0 Å². The lowest BCUT2D eigenvalue weighted by Crippen LogP contribution is -2.01. The maximum absolute atomic E-state index is 5.64. The van der Waals surface area contributed by atoms with E-state index in [0.29, 0.717) is 18.4 Å². The molecule has 3 nitrogen and oxygen atoms in total. The van der Waals surface area contributed by atoms with Crippen molar-refractivity contribution in [2.24, 2.45) is 0 Å². The highest BCUT2D eigenvalue weighted by Crippen LogP contribution is 2.15. The molecular formula is C16H20N2O. The minimum atomic E-state index is 0.508. The third kappa shape index (κ3) is 4.36. The van der Waals surface area contributed by atoms with Gasteiger partial charge in [0.2, 0.25) is 5.88 Å². The predicted octanol–water partition coefficient (Wildman–Crippen LogP) is 3.61. The number of rotatable bonds is 6. The van der Waals surface area contributed by atoms with Gasteiger partial charge in [-0.3, -0.25) is 4.98 Å². The third-order valence-corrected chi connectivity index (χ3v) is 3.03. The van der Waals surface area contributed by atoms with E-state index in [4.69, 9.17) is 4.74 Å². The lowest BCUT2D eigenvalue weighted by Gasteiger charge is -2.07. The lowest BCUT2D eigenvalue weighted by molar-refractivity contribution is 0.299. The first kappa shape index (κ1) is 13.5. The molecule has 0 N–H and O–H groups in total. The molecule has 0 saturated carbocycles. The number of aromatic nitrogens is 2. The minimum Gasteiger partial charge on any atom is -0.478 e. The fourth-order valence-electron chi connectivity index (χ4n) is 1.82. The SMILES string of the molecule is CC(C)c1ccc(OCCCc2ccncc2)nc1. The maximum Gasteiger partial charge on any atom is 0.213 e. The molecule has 0 saturated heterocycles. The summed E-state index contributed by atoms with van der Waals surface area (Å²) in [6, 6.07) is 8.10. The van der Waals surface area contributed by atoms with Crippen LogP contribution in [0.1, 0.15) is 37.3 Å². The van der Waals surface area contributed by atoms with E-state index in [1.165, 1.54) is 11.1 Å². The molecule has 19 heavy (non-hydrogen) atoms.